The van der Waals surface area contributed by atoms with E-state index in [0.717, 1.165) is 10.8 Å². The molecular weight excluding hydrogens is 369 g/mol. The monoisotopic (exact) mass is 383 g/mol. The molecule has 8 nitrogen and oxygen atoms in total. The van der Waals surface area contributed by atoms with E-state index in [2.05, 4.69) is 10.3 Å². The first-order valence-electron chi connectivity index (χ1n) is 7.65. The lowest BCUT2D eigenvalue weighted by Gasteiger charge is -2.17. The minimum Gasteiger partial charge on any atom is -0.388 e. The van der Waals surface area contributed by atoms with E-state index in [1.54, 1.807) is 12.1 Å². The number of anilines is 1. The van der Waals surface area contributed by atoms with Crippen molar-refractivity contribution in [1.82, 2.24) is 9.55 Å². The number of aliphatic hydroxyl groups excluding tert-OH is 2. The van der Waals surface area contributed by atoms with Gasteiger partial charge in [-0.25, -0.2) is 9.18 Å². The van der Waals surface area contributed by atoms with Crippen LogP contribution in [0.25, 0.3) is 0 Å². The van der Waals surface area contributed by atoms with Gasteiger partial charge in [0.25, 0.3) is 5.91 Å². The fraction of sp³-hybridized carbons (Fsp3) is 0.312. The van der Waals surface area contributed by atoms with Crippen molar-refractivity contribution < 1.29 is 24.1 Å². The molecule has 1 aromatic carbocycles. The maximum Gasteiger partial charge on any atom is 0.351 e. The zero-order chi connectivity index (χ0) is 19.0. The highest BCUT2D eigenvalue weighted by atomic mass is 35.5. The Balaban J connectivity index is 1.88. The highest BCUT2D eigenvalue weighted by Gasteiger charge is 2.42. The van der Waals surface area contributed by atoms with Crippen LogP contribution in [0.2, 0.25) is 5.02 Å². The van der Waals surface area contributed by atoms with Crippen molar-refractivity contribution in [3.05, 3.63) is 57.3 Å². The average molecular weight is 384 g/mol. The Morgan fingerprint density at radius 3 is 2.65 bits per heavy atom. The predicted octanol–water partition coefficient (Wildman–Crippen LogP) is 0.927. The fourth-order valence-electron chi connectivity index (χ4n) is 2.59. The molecule has 1 aromatic heterocycles. The number of aliphatic hydroxyl groups is 2. The summed E-state index contributed by atoms with van der Waals surface area (Å²) in [5.41, 5.74) is -0.878. The number of nitrogens with one attached hydrogen (secondary N) is 1. The molecule has 0 spiro atoms. The minimum absolute atomic E-state index is 0.0889. The summed E-state index contributed by atoms with van der Waals surface area (Å²) in [6.45, 7) is 1.50. The molecule has 0 aliphatic carbocycles. The summed E-state index contributed by atoms with van der Waals surface area (Å²) in [6, 6.07) is 6.13. The van der Waals surface area contributed by atoms with Crippen LogP contribution in [0, 0.1) is 5.82 Å². The maximum absolute atomic E-state index is 14.3. The Bertz CT molecular complexity index is 906. The molecule has 1 aliphatic rings. The summed E-state index contributed by atoms with van der Waals surface area (Å²) in [7, 11) is 0. The number of halogens is 2. The van der Waals surface area contributed by atoms with Crippen LogP contribution in [0.1, 0.15) is 23.5 Å². The smallest absolute Gasteiger partial charge is 0.351 e. The van der Waals surface area contributed by atoms with E-state index in [9.17, 15) is 24.2 Å². The zero-order valence-electron chi connectivity index (χ0n) is 13.5. The van der Waals surface area contributed by atoms with Crippen LogP contribution in [0.15, 0.2) is 35.3 Å². The maximum atomic E-state index is 14.3. The van der Waals surface area contributed by atoms with E-state index < -0.39 is 47.8 Å². The molecule has 2 aromatic rings. The summed E-state index contributed by atoms with van der Waals surface area (Å²) in [4.78, 5) is 27.8. The molecule has 1 saturated heterocycles. The molecule has 1 aliphatic heterocycles. The number of hydrogen-bond donors (Lipinski definition) is 3. The summed E-state index contributed by atoms with van der Waals surface area (Å²) in [5.74, 6) is -2.34. The van der Waals surface area contributed by atoms with Crippen LogP contribution >= 0.6 is 11.6 Å². The quantitative estimate of drug-likeness (QED) is 0.726. The Kier molecular flexibility index (Phi) is 5.05. The first kappa shape index (κ1) is 18.5. The molecule has 2 heterocycles. The van der Waals surface area contributed by atoms with E-state index in [4.69, 9.17) is 16.3 Å². The van der Waals surface area contributed by atoms with Crippen molar-refractivity contribution in [1.29, 1.82) is 0 Å². The van der Waals surface area contributed by atoms with Gasteiger partial charge >= 0.3 is 5.69 Å². The zero-order valence-corrected chi connectivity index (χ0v) is 14.2. The van der Waals surface area contributed by atoms with Crippen LogP contribution in [-0.4, -0.2) is 44.0 Å². The number of amides is 1. The predicted molar refractivity (Wildman–Crippen MR) is 89.5 cm³/mol. The van der Waals surface area contributed by atoms with Crippen LogP contribution in [-0.2, 0) is 4.74 Å². The van der Waals surface area contributed by atoms with Gasteiger partial charge in [-0.3, -0.25) is 9.36 Å². The first-order valence-corrected chi connectivity index (χ1v) is 8.03. The van der Waals surface area contributed by atoms with Gasteiger partial charge in [-0.1, -0.05) is 23.7 Å². The van der Waals surface area contributed by atoms with Gasteiger partial charge < -0.3 is 20.3 Å². The second-order valence-electron chi connectivity index (χ2n) is 5.77. The van der Waals surface area contributed by atoms with Crippen molar-refractivity contribution in [2.24, 2.45) is 0 Å². The Morgan fingerprint density at radius 2 is 2.04 bits per heavy atom. The molecule has 4 atom stereocenters. The van der Waals surface area contributed by atoms with E-state index in [1.807, 2.05) is 0 Å². The lowest BCUT2D eigenvalue weighted by Crippen LogP contribution is -2.36. The number of carbonyl (C=O) groups excluding carboxylic acids is 1. The summed E-state index contributed by atoms with van der Waals surface area (Å²) in [6.07, 6.45) is -3.94. The molecule has 1 fully saturated rings. The number of aromatic nitrogens is 2. The Morgan fingerprint density at radius 1 is 1.35 bits per heavy atom. The fourth-order valence-corrected chi connectivity index (χ4v) is 2.81. The molecule has 10 heteroatoms. The van der Waals surface area contributed by atoms with Gasteiger partial charge in [0.05, 0.1) is 22.9 Å². The second-order valence-corrected chi connectivity index (χ2v) is 6.18. The average Bonchev–Trinajstić information content (AvgIpc) is 2.85. The number of nitrogens with zero attached hydrogens (tertiary/aromatic N) is 2. The van der Waals surface area contributed by atoms with Crippen LogP contribution < -0.4 is 11.0 Å². The summed E-state index contributed by atoms with van der Waals surface area (Å²) < 4.78 is 20.3. The van der Waals surface area contributed by atoms with Crippen molar-refractivity contribution in [3.8, 4) is 0 Å². The number of rotatable bonds is 3. The summed E-state index contributed by atoms with van der Waals surface area (Å²) >= 11 is 5.90. The molecular formula is C16H15ClFN3O5. The molecule has 0 saturated carbocycles. The Hall–Kier alpha value is -2.33. The highest BCUT2D eigenvalue weighted by molar-refractivity contribution is 6.34. The third-order valence-corrected chi connectivity index (χ3v) is 4.34. The van der Waals surface area contributed by atoms with Gasteiger partial charge in [0.1, 0.15) is 12.2 Å². The largest absolute Gasteiger partial charge is 0.388 e. The van der Waals surface area contributed by atoms with Crippen molar-refractivity contribution >= 4 is 23.3 Å². The minimum atomic E-state index is -1.42. The molecule has 0 radical (unpaired) electrons. The lowest BCUT2D eigenvalue weighted by molar-refractivity contribution is -0.0355. The van der Waals surface area contributed by atoms with E-state index in [1.165, 1.54) is 19.1 Å². The van der Waals surface area contributed by atoms with Gasteiger partial charge in [-0.05, 0) is 19.1 Å². The third-order valence-electron chi connectivity index (χ3n) is 4.01. The molecule has 3 N–H and O–H groups in total. The first-order chi connectivity index (χ1) is 12.3. The van der Waals surface area contributed by atoms with Crippen molar-refractivity contribution in [2.45, 2.75) is 31.5 Å². The van der Waals surface area contributed by atoms with Crippen LogP contribution in [0.5, 0.6) is 0 Å². The van der Waals surface area contributed by atoms with E-state index in [0.29, 0.717) is 0 Å². The van der Waals surface area contributed by atoms with Gasteiger partial charge in [0, 0.05) is 0 Å². The molecule has 138 valence electrons. The van der Waals surface area contributed by atoms with Gasteiger partial charge in [0.2, 0.25) is 0 Å². The number of benzene rings is 1. The molecule has 1 amide bonds. The summed E-state index contributed by atoms with van der Waals surface area (Å²) in [5, 5.41) is 22.0. The SMILES string of the molecule is C[C@H]1O[C@@H](n2cc(F)c(NC(=O)c3ccccc3Cl)nc2=O)[C@H](O)[C@@H]1O. The van der Waals surface area contributed by atoms with E-state index in [-0.39, 0.29) is 10.6 Å². The molecule has 26 heavy (non-hydrogen) atoms. The van der Waals surface area contributed by atoms with Gasteiger partial charge in [-0.2, -0.15) is 4.98 Å². The Labute approximate surface area is 151 Å². The topological polar surface area (TPSA) is 114 Å². The van der Waals surface area contributed by atoms with Crippen molar-refractivity contribution in [2.75, 3.05) is 5.32 Å². The normalized spacial score (nSPS) is 25.3. The van der Waals surface area contributed by atoms with E-state index >= 15 is 0 Å². The number of hydrogen-bond acceptors (Lipinski definition) is 6. The van der Waals surface area contributed by atoms with Gasteiger partial charge in [-0.15, -0.1) is 0 Å². The number of carbonyl (C=O) groups is 1. The second kappa shape index (κ2) is 7.12. The standard InChI is InChI=1S/C16H15ClFN3O5/c1-7-11(22)12(23)15(26-7)21-6-10(18)13(20-16(21)25)19-14(24)8-4-2-3-5-9(8)17/h2-7,11-12,15,22-23H,1H3,(H,19,20,24,25)/t7-,11-,12-,15-/m1/s1. The molecule has 0 bridgehead atoms. The van der Waals surface area contributed by atoms with Crippen LogP contribution in [0.4, 0.5) is 10.2 Å². The number of ether oxygens (including phenoxy) is 1. The van der Waals surface area contributed by atoms with Gasteiger partial charge in [0.15, 0.2) is 17.9 Å². The molecule has 0 unspecified atom stereocenters. The highest BCUT2D eigenvalue weighted by Crippen LogP contribution is 2.28. The lowest BCUT2D eigenvalue weighted by atomic mass is 10.1. The van der Waals surface area contributed by atoms with Crippen LogP contribution in [0.3, 0.4) is 0 Å². The molecule has 3 rings (SSSR count). The third kappa shape index (κ3) is 3.34. The van der Waals surface area contributed by atoms with Crippen molar-refractivity contribution in [3.63, 3.8) is 0 Å².